The summed E-state index contributed by atoms with van der Waals surface area (Å²) in [5.74, 6) is 0. The molecule has 1 aromatic rings. The zero-order valence-corrected chi connectivity index (χ0v) is 12.4. The van der Waals surface area contributed by atoms with Gasteiger partial charge in [-0.25, -0.2) is 0 Å². The predicted molar refractivity (Wildman–Crippen MR) is 66.8 cm³/mol. The third-order valence-corrected chi connectivity index (χ3v) is 5.26. The molecule has 0 fully saturated rings. The molecule has 1 nitrogen and oxygen atoms in total. The van der Waals surface area contributed by atoms with Gasteiger partial charge in [0, 0.05) is 9.35 Å². The molecule has 1 N–H and O–H groups in total. The topological polar surface area (TPSA) is 12.0 Å². The first-order valence-corrected chi connectivity index (χ1v) is 6.98. The molecule has 16 heavy (non-hydrogen) atoms. The molecule has 0 spiro atoms. The molecular weight excluding hydrogens is 371 g/mol. The largest absolute Gasteiger partial charge is 0.390 e. The van der Waals surface area contributed by atoms with Crippen LogP contribution in [0.1, 0.15) is 24.3 Å². The normalized spacial score (nSPS) is 14.1. The lowest BCUT2D eigenvalue weighted by Gasteiger charge is -2.17. The maximum Gasteiger partial charge on any atom is 0.390 e. The SMILES string of the molecule is CCNC(CC(F)(F)F)c1cc(Br)c(Br)s1. The van der Waals surface area contributed by atoms with Crippen LogP contribution in [0.3, 0.4) is 0 Å². The molecule has 0 radical (unpaired) electrons. The van der Waals surface area contributed by atoms with Crippen LogP contribution >= 0.6 is 43.2 Å². The number of hydrogen-bond donors (Lipinski definition) is 1. The van der Waals surface area contributed by atoms with Gasteiger partial charge in [0.25, 0.3) is 0 Å². The van der Waals surface area contributed by atoms with E-state index in [1.807, 2.05) is 0 Å². The average molecular weight is 381 g/mol. The smallest absolute Gasteiger partial charge is 0.309 e. The maximum absolute atomic E-state index is 12.4. The van der Waals surface area contributed by atoms with Gasteiger partial charge < -0.3 is 5.32 Å². The van der Waals surface area contributed by atoms with E-state index in [1.54, 1.807) is 13.0 Å². The molecule has 0 aliphatic heterocycles. The summed E-state index contributed by atoms with van der Waals surface area (Å²) in [6.07, 6.45) is -5.00. The molecule has 0 saturated carbocycles. The van der Waals surface area contributed by atoms with Crippen LogP contribution in [0.4, 0.5) is 13.2 Å². The van der Waals surface area contributed by atoms with Crippen molar-refractivity contribution < 1.29 is 13.2 Å². The van der Waals surface area contributed by atoms with Crippen LogP contribution in [-0.4, -0.2) is 12.7 Å². The van der Waals surface area contributed by atoms with E-state index in [9.17, 15) is 13.2 Å². The molecule has 0 aliphatic rings. The number of rotatable bonds is 4. The third-order valence-electron chi connectivity index (χ3n) is 1.89. The van der Waals surface area contributed by atoms with Crippen LogP contribution < -0.4 is 5.32 Å². The van der Waals surface area contributed by atoms with Crippen molar-refractivity contribution >= 4 is 43.2 Å². The number of nitrogens with one attached hydrogen (secondary N) is 1. The molecule has 0 saturated heterocycles. The summed E-state index contributed by atoms with van der Waals surface area (Å²) in [6, 6.07) is 1.05. The highest BCUT2D eigenvalue weighted by Crippen LogP contribution is 2.38. The quantitative estimate of drug-likeness (QED) is 0.785. The van der Waals surface area contributed by atoms with Crippen LogP contribution in [0, 0.1) is 0 Å². The minimum Gasteiger partial charge on any atom is -0.309 e. The van der Waals surface area contributed by atoms with Gasteiger partial charge in [-0.1, -0.05) is 6.92 Å². The predicted octanol–water partition coefficient (Wildman–Crippen LogP) is 4.88. The van der Waals surface area contributed by atoms with Crippen molar-refractivity contribution in [2.75, 3.05) is 6.54 Å². The first-order chi connectivity index (χ1) is 7.33. The fraction of sp³-hybridized carbons (Fsp3) is 0.556. The Bertz CT molecular complexity index is 332. The van der Waals surface area contributed by atoms with Crippen molar-refractivity contribution in [3.05, 3.63) is 19.2 Å². The van der Waals surface area contributed by atoms with E-state index in [0.29, 0.717) is 11.4 Å². The van der Waals surface area contributed by atoms with Gasteiger partial charge in [0.1, 0.15) is 0 Å². The van der Waals surface area contributed by atoms with E-state index in [-0.39, 0.29) is 0 Å². The van der Waals surface area contributed by atoms with Gasteiger partial charge in [0.2, 0.25) is 0 Å². The van der Waals surface area contributed by atoms with Crippen molar-refractivity contribution in [3.63, 3.8) is 0 Å². The van der Waals surface area contributed by atoms with Gasteiger partial charge in [-0.3, -0.25) is 0 Å². The van der Waals surface area contributed by atoms with E-state index >= 15 is 0 Å². The monoisotopic (exact) mass is 379 g/mol. The summed E-state index contributed by atoms with van der Waals surface area (Å²) in [5.41, 5.74) is 0. The minimum absolute atomic E-state index is 0.508. The molecule has 7 heteroatoms. The Morgan fingerprint density at radius 3 is 2.44 bits per heavy atom. The third kappa shape index (κ3) is 4.35. The second-order valence-electron chi connectivity index (χ2n) is 3.20. The second kappa shape index (κ2) is 5.84. The molecule has 1 rings (SSSR count). The highest BCUT2D eigenvalue weighted by atomic mass is 79.9. The highest BCUT2D eigenvalue weighted by molar-refractivity contribution is 9.13. The molecule has 1 unspecified atom stereocenters. The van der Waals surface area contributed by atoms with E-state index < -0.39 is 18.6 Å². The summed E-state index contributed by atoms with van der Waals surface area (Å²) in [4.78, 5) is 0.679. The van der Waals surface area contributed by atoms with Crippen LogP contribution in [0.2, 0.25) is 0 Å². The van der Waals surface area contributed by atoms with Crippen molar-refractivity contribution in [2.45, 2.75) is 25.6 Å². The van der Waals surface area contributed by atoms with Gasteiger partial charge in [-0.2, -0.15) is 13.2 Å². The van der Waals surface area contributed by atoms with E-state index in [4.69, 9.17) is 0 Å². The van der Waals surface area contributed by atoms with E-state index in [1.165, 1.54) is 11.3 Å². The highest BCUT2D eigenvalue weighted by Gasteiger charge is 2.33. The number of thiophene rings is 1. The zero-order chi connectivity index (χ0) is 12.3. The van der Waals surface area contributed by atoms with Crippen molar-refractivity contribution in [1.29, 1.82) is 0 Å². The Morgan fingerprint density at radius 1 is 1.44 bits per heavy atom. The molecule has 1 atom stereocenters. The standard InChI is InChI=1S/C9H10Br2F3NS/c1-2-15-6(4-9(12,13)14)7-3-5(10)8(11)16-7/h3,6,15H,2,4H2,1H3. The van der Waals surface area contributed by atoms with Gasteiger partial charge in [0.05, 0.1) is 16.2 Å². The van der Waals surface area contributed by atoms with Crippen LogP contribution in [0.15, 0.2) is 14.3 Å². The maximum atomic E-state index is 12.4. The zero-order valence-electron chi connectivity index (χ0n) is 8.37. The lowest BCUT2D eigenvalue weighted by Crippen LogP contribution is -2.25. The summed E-state index contributed by atoms with van der Waals surface area (Å²) < 4.78 is 38.7. The molecule has 0 aliphatic carbocycles. The Balaban J connectivity index is 2.85. The summed E-state index contributed by atoms with van der Waals surface area (Å²) in [6.45, 7) is 2.30. The minimum atomic E-state index is -4.16. The summed E-state index contributed by atoms with van der Waals surface area (Å²) in [7, 11) is 0. The van der Waals surface area contributed by atoms with Crippen molar-refractivity contribution in [3.8, 4) is 0 Å². The fourth-order valence-electron chi connectivity index (χ4n) is 1.29. The number of hydrogen-bond acceptors (Lipinski definition) is 2. The van der Waals surface area contributed by atoms with Gasteiger partial charge in [-0.15, -0.1) is 11.3 Å². The Kier molecular flexibility index (Phi) is 5.28. The van der Waals surface area contributed by atoms with Crippen molar-refractivity contribution in [1.82, 2.24) is 5.32 Å². The average Bonchev–Trinajstić information content (AvgIpc) is 2.44. The molecular formula is C9H10Br2F3NS. The number of halogens is 5. The van der Waals surface area contributed by atoms with Crippen LogP contribution in [0.25, 0.3) is 0 Å². The Hall–Kier alpha value is 0.410. The lowest BCUT2D eigenvalue weighted by atomic mass is 10.1. The van der Waals surface area contributed by atoms with Gasteiger partial charge in [0.15, 0.2) is 0 Å². The molecule has 1 aromatic heterocycles. The fourth-order valence-corrected chi connectivity index (χ4v) is 3.45. The molecule has 92 valence electrons. The van der Waals surface area contributed by atoms with E-state index in [2.05, 4.69) is 37.2 Å². The molecule has 0 amide bonds. The first-order valence-electron chi connectivity index (χ1n) is 4.58. The summed E-state index contributed by atoms with van der Waals surface area (Å²) in [5, 5.41) is 2.84. The van der Waals surface area contributed by atoms with E-state index in [0.717, 1.165) is 8.26 Å². The van der Waals surface area contributed by atoms with Gasteiger partial charge >= 0.3 is 6.18 Å². The lowest BCUT2D eigenvalue weighted by molar-refractivity contribution is -0.140. The first kappa shape index (κ1) is 14.5. The van der Waals surface area contributed by atoms with Crippen molar-refractivity contribution in [2.24, 2.45) is 0 Å². The number of alkyl halides is 3. The summed E-state index contributed by atoms with van der Waals surface area (Å²) >= 11 is 7.86. The van der Waals surface area contributed by atoms with Crippen LogP contribution in [0.5, 0.6) is 0 Å². The van der Waals surface area contributed by atoms with Crippen LogP contribution in [-0.2, 0) is 0 Å². The van der Waals surface area contributed by atoms with Gasteiger partial charge in [-0.05, 0) is 44.5 Å². The molecule has 0 aromatic carbocycles. The Morgan fingerprint density at radius 2 is 2.06 bits per heavy atom. The Labute approximate surface area is 113 Å². The second-order valence-corrected chi connectivity index (χ2v) is 6.46. The molecule has 1 heterocycles. The molecule has 0 bridgehead atoms.